The lowest BCUT2D eigenvalue weighted by Gasteiger charge is -2.27. The van der Waals surface area contributed by atoms with Crippen molar-refractivity contribution in [1.29, 1.82) is 0 Å². The number of carbonyl (C=O) groups is 3. The van der Waals surface area contributed by atoms with Crippen molar-refractivity contribution in [3.05, 3.63) is 64.7 Å². The van der Waals surface area contributed by atoms with Gasteiger partial charge < -0.3 is 4.90 Å². The van der Waals surface area contributed by atoms with Crippen molar-refractivity contribution in [2.75, 3.05) is 23.9 Å². The minimum atomic E-state index is -0.737. The van der Waals surface area contributed by atoms with Crippen LogP contribution in [0.5, 0.6) is 0 Å². The molecule has 1 heterocycles. The Labute approximate surface area is 158 Å². The van der Waals surface area contributed by atoms with Gasteiger partial charge in [0.15, 0.2) is 0 Å². The summed E-state index contributed by atoms with van der Waals surface area (Å²) in [6.45, 7) is 3.69. The van der Waals surface area contributed by atoms with Crippen LogP contribution in [0.25, 0.3) is 6.08 Å². The summed E-state index contributed by atoms with van der Waals surface area (Å²) in [4.78, 5) is 40.5. The van der Waals surface area contributed by atoms with Crippen LogP contribution in [-0.4, -0.2) is 31.9 Å². The van der Waals surface area contributed by atoms with Crippen LogP contribution in [-0.2, 0) is 9.59 Å². The van der Waals surface area contributed by atoms with Crippen molar-refractivity contribution < 1.29 is 14.4 Å². The number of amides is 4. The van der Waals surface area contributed by atoms with Gasteiger partial charge in [-0.05, 0) is 54.8 Å². The second-order valence-electron chi connectivity index (χ2n) is 6.73. The molecule has 2 aromatic carbocycles. The smallest absolute Gasteiger partial charge is 0.335 e. The number of carbonyl (C=O) groups excluding carboxylic acids is 3. The molecule has 0 atom stereocenters. The molecule has 0 aromatic heterocycles. The van der Waals surface area contributed by atoms with Crippen LogP contribution in [0.2, 0.25) is 0 Å². The van der Waals surface area contributed by atoms with Gasteiger partial charge in [-0.2, -0.15) is 0 Å². The normalized spacial score (nSPS) is 15.9. The van der Waals surface area contributed by atoms with E-state index < -0.39 is 17.8 Å². The van der Waals surface area contributed by atoms with Crippen molar-refractivity contribution in [3.8, 4) is 0 Å². The summed E-state index contributed by atoms with van der Waals surface area (Å²) in [6.07, 6.45) is 1.50. The van der Waals surface area contributed by atoms with Crippen molar-refractivity contribution >= 4 is 35.3 Å². The van der Waals surface area contributed by atoms with Gasteiger partial charge >= 0.3 is 6.03 Å². The van der Waals surface area contributed by atoms with Gasteiger partial charge in [0.1, 0.15) is 5.57 Å². The monoisotopic (exact) mass is 363 g/mol. The van der Waals surface area contributed by atoms with Gasteiger partial charge in [0.2, 0.25) is 0 Å². The highest BCUT2D eigenvalue weighted by Crippen LogP contribution is 2.26. The highest BCUT2D eigenvalue weighted by molar-refractivity contribution is 6.39. The Balaban J connectivity index is 2.00. The topological polar surface area (TPSA) is 69.7 Å². The van der Waals surface area contributed by atoms with Gasteiger partial charge in [-0.15, -0.1) is 0 Å². The Bertz CT molecular complexity index is 959. The average Bonchev–Trinajstić information content (AvgIpc) is 2.61. The van der Waals surface area contributed by atoms with Gasteiger partial charge in [0.25, 0.3) is 11.8 Å². The standard InChI is InChI=1S/C21H21N3O3/c1-13-5-6-14(2)18(11-13)24-20(26)17(19(25)22-21(24)27)12-15-7-9-16(10-8-15)23(3)4/h5-12H,1-4H3,(H,22,25,27)/b17-12+. The van der Waals surface area contributed by atoms with Gasteiger partial charge in [0.05, 0.1) is 5.69 Å². The molecule has 3 rings (SSSR count). The largest absolute Gasteiger partial charge is 0.378 e. The summed E-state index contributed by atoms with van der Waals surface area (Å²) >= 11 is 0. The summed E-state index contributed by atoms with van der Waals surface area (Å²) in [5, 5.41) is 2.26. The van der Waals surface area contributed by atoms with Crippen LogP contribution >= 0.6 is 0 Å². The van der Waals surface area contributed by atoms with Crippen molar-refractivity contribution in [3.63, 3.8) is 0 Å². The molecular formula is C21H21N3O3. The van der Waals surface area contributed by atoms with Crippen molar-refractivity contribution in [2.45, 2.75) is 13.8 Å². The lowest BCUT2D eigenvalue weighted by Crippen LogP contribution is -2.54. The maximum atomic E-state index is 13.0. The Kier molecular flexibility index (Phi) is 4.81. The second kappa shape index (κ2) is 7.07. The number of hydrogen-bond donors (Lipinski definition) is 1. The zero-order valence-corrected chi connectivity index (χ0v) is 15.7. The minimum Gasteiger partial charge on any atom is -0.378 e. The lowest BCUT2D eigenvalue weighted by molar-refractivity contribution is -0.122. The van der Waals surface area contributed by atoms with E-state index in [1.54, 1.807) is 6.07 Å². The number of aryl methyl sites for hydroxylation is 2. The summed E-state index contributed by atoms with van der Waals surface area (Å²) in [5.74, 6) is -1.32. The van der Waals surface area contributed by atoms with Crippen molar-refractivity contribution in [1.82, 2.24) is 5.32 Å². The van der Waals surface area contributed by atoms with Gasteiger partial charge in [-0.3, -0.25) is 14.9 Å². The van der Waals surface area contributed by atoms with Crippen LogP contribution in [0, 0.1) is 13.8 Å². The predicted molar refractivity (Wildman–Crippen MR) is 106 cm³/mol. The maximum Gasteiger partial charge on any atom is 0.335 e. The molecule has 0 saturated carbocycles. The fourth-order valence-corrected chi connectivity index (χ4v) is 2.87. The fraction of sp³-hybridized carbons (Fsp3) is 0.190. The molecule has 0 bridgehead atoms. The summed E-state index contributed by atoms with van der Waals surface area (Å²) in [5.41, 5.74) is 3.79. The van der Waals surface area contributed by atoms with Gasteiger partial charge in [-0.1, -0.05) is 24.3 Å². The summed E-state index contributed by atoms with van der Waals surface area (Å²) < 4.78 is 0. The molecule has 138 valence electrons. The predicted octanol–water partition coefficient (Wildman–Crippen LogP) is 3.04. The number of rotatable bonds is 3. The minimum absolute atomic E-state index is 0.0758. The van der Waals surface area contributed by atoms with Gasteiger partial charge in [-0.25, -0.2) is 9.69 Å². The molecule has 0 radical (unpaired) electrons. The third kappa shape index (κ3) is 3.60. The third-order valence-corrected chi connectivity index (χ3v) is 4.43. The number of urea groups is 1. The molecule has 1 saturated heterocycles. The quantitative estimate of drug-likeness (QED) is 0.672. The second-order valence-corrected chi connectivity index (χ2v) is 6.73. The van der Waals surface area contributed by atoms with Crippen molar-refractivity contribution in [2.24, 2.45) is 0 Å². The Morgan fingerprint density at radius 3 is 2.26 bits per heavy atom. The van der Waals surface area contributed by atoms with E-state index in [1.807, 2.05) is 69.2 Å². The number of nitrogens with zero attached hydrogens (tertiary/aromatic N) is 2. The molecule has 0 aliphatic carbocycles. The Morgan fingerprint density at radius 2 is 1.63 bits per heavy atom. The maximum absolute atomic E-state index is 13.0. The zero-order valence-electron chi connectivity index (χ0n) is 15.7. The molecule has 1 aliphatic heterocycles. The highest BCUT2D eigenvalue weighted by Gasteiger charge is 2.37. The van der Waals surface area contributed by atoms with E-state index in [2.05, 4.69) is 5.32 Å². The van der Waals surface area contributed by atoms with E-state index in [1.165, 1.54) is 6.08 Å². The molecule has 2 aromatic rings. The third-order valence-electron chi connectivity index (χ3n) is 4.43. The van der Waals surface area contributed by atoms with E-state index in [4.69, 9.17) is 0 Å². The molecule has 0 spiro atoms. The van der Waals surface area contributed by atoms with Crippen LogP contribution in [0.4, 0.5) is 16.2 Å². The van der Waals surface area contributed by atoms with Crippen LogP contribution in [0.3, 0.4) is 0 Å². The first-order chi connectivity index (χ1) is 12.8. The average molecular weight is 363 g/mol. The van der Waals surface area contributed by atoms with E-state index in [0.29, 0.717) is 11.3 Å². The number of nitrogens with one attached hydrogen (secondary N) is 1. The molecule has 1 aliphatic rings. The van der Waals surface area contributed by atoms with E-state index in [-0.39, 0.29) is 5.57 Å². The molecule has 1 N–H and O–H groups in total. The summed E-state index contributed by atoms with van der Waals surface area (Å²) in [6, 6.07) is 12.2. The van der Waals surface area contributed by atoms with E-state index >= 15 is 0 Å². The van der Waals surface area contributed by atoms with Gasteiger partial charge in [0, 0.05) is 19.8 Å². The molecule has 4 amide bonds. The number of anilines is 2. The zero-order chi connectivity index (χ0) is 19.7. The molecule has 0 unspecified atom stereocenters. The molecule has 6 heteroatoms. The highest BCUT2D eigenvalue weighted by atomic mass is 16.2. The van der Waals surface area contributed by atoms with Crippen LogP contribution in [0.15, 0.2) is 48.0 Å². The first-order valence-electron chi connectivity index (χ1n) is 8.54. The molecular weight excluding hydrogens is 342 g/mol. The van der Waals surface area contributed by atoms with Crippen LogP contribution in [0.1, 0.15) is 16.7 Å². The first-order valence-corrected chi connectivity index (χ1v) is 8.54. The molecule has 6 nitrogen and oxygen atoms in total. The van der Waals surface area contributed by atoms with E-state index in [9.17, 15) is 14.4 Å². The Hall–Kier alpha value is -3.41. The fourth-order valence-electron chi connectivity index (χ4n) is 2.87. The molecule has 1 fully saturated rings. The summed E-state index contributed by atoms with van der Waals surface area (Å²) in [7, 11) is 3.86. The number of benzene rings is 2. The van der Waals surface area contributed by atoms with E-state index in [0.717, 1.165) is 21.7 Å². The number of barbiturate groups is 1. The number of hydrogen-bond acceptors (Lipinski definition) is 4. The lowest BCUT2D eigenvalue weighted by atomic mass is 10.0. The number of imide groups is 2. The van der Waals surface area contributed by atoms with Crippen LogP contribution < -0.4 is 15.1 Å². The molecule has 27 heavy (non-hydrogen) atoms. The SMILES string of the molecule is Cc1ccc(C)c(N2C(=O)NC(=O)/C(=C\c3ccc(N(C)C)cc3)C2=O)c1. The first kappa shape index (κ1) is 18.4. The Morgan fingerprint density at radius 1 is 0.963 bits per heavy atom.